The van der Waals surface area contributed by atoms with Crippen LogP contribution in [-0.2, 0) is 0 Å². The Morgan fingerprint density at radius 1 is 0.676 bits per heavy atom. The lowest BCUT2D eigenvalue weighted by Gasteiger charge is -2.32. The van der Waals surface area contributed by atoms with Crippen molar-refractivity contribution in [2.24, 2.45) is 11.8 Å². The van der Waals surface area contributed by atoms with Gasteiger partial charge in [-0.3, -0.25) is 0 Å². The molecule has 0 spiro atoms. The van der Waals surface area contributed by atoms with Crippen molar-refractivity contribution in [3.05, 3.63) is 77.6 Å². The fourth-order valence-electron chi connectivity index (χ4n) is 4.25. The monoisotopic (exact) mass is 482 g/mol. The highest BCUT2D eigenvalue weighted by atomic mass is 19.3. The van der Waals surface area contributed by atoms with E-state index < -0.39 is 46.7 Å². The number of benzene rings is 3. The minimum absolute atomic E-state index is 0.109. The number of hydrogen-bond donors (Lipinski definition) is 0. The topological polar surface area (TPSA) is 9.23 Å². The summed E-state index contributed by atoms with van der Waals surface area (Å²) >= 11 is 0. The van der Waals surface area contributed by atoms with Crippen LogP contribution in [-0.4, -0.2) is 6.11 Å². The standard InChI is InChI=1S/C26H21F7O/c1-14-2-6-17(7-3-14)26(32,33)34-18-8-4-15(5-9-18)19-10-11-20(24(30)23(19)29)16-12-21(27)25(31)22(28)13-16/h4-5,8-14,17H,2-3,6-7H2,1H3. The van der Waals surface area contributed by atoms with Gasteiger partial charge in [-0.05, 0) is 54.2 Å². The zero-order valence-electron chi connectivity index (χ0n) is 18.2. The van der Waals surface area contributed by atoms with E-state index in [1.807, 2.05) is 6.92 Å². The predicted molar refractivity (Wildman–Crippen MR) is 114 cm³/mol. The van der Waals surface area contributed by atoms with Gasteiger partial charge in [0, 0.05) is 11.1 Å². The number of ether oxygens (including phenoxy) is 1. The molecule has 3 aromatic rings. The van der Waals surface area contributed by atoms with Crippen LogP contribution < -0.4 is 4.74 Å². The molecule has 1 saturated carbocycles. The molecule has 1 fully saturated rings. The molecule has 4 rings (SSSR count). The van der Waals surface area contributed by atoms with E-state index >= 15 is 0 Å². The molecule has 34 heavy (non-hydrogen) atoms. The molecule has 180 valence electrons. The summed E-state index contributed by atoms with van der Waals surface area (Å²) < 4.78 is 104. The van der Waals surface area contributed by atoms with Crippen molar-refractivity contribution < 1.29 is 35.5 Å². The first-order valence-electron chi connectivity index (χ1n) is 10.9. The summed E-state index contributed by atoms with van der Waals surface area (Å²) in [4.78, 5) is 0. The normalized spacial score (nSPS) is 18.7. The van der Waals surface area contributed by atoms with Crippen LogP contribution in [0.3, 0.4) is 0 Å². The summed E-state index contributed by atoms with van der Waals surface area (Å²) in [6.07, 6.45) is -1.20. The van der Waals surface area contributed by atoms with Gasteiger partial charge >= 0.3 is 6.11 Å². The summed E-state index contributed by atoms with van der Waals surface area (Å²) in [5, 5.41) is 0. The maximum atomic E-state index is 14.8. The van der Waals surface area contributed by atoms with E-state index in [1.165, 1.54) is 30.3 Å². The van der Waals surface area contributed by atoms with E-state index in [2.05, 4.69) is 0 Å². The third kappa shape index (κ3) is 4.76. The van der Waals surface area contributed by atoms with Crippen molar-refractivity contribution in [3.63, 3.8) is 0 Å². The molecule has 0 radical (unpaired) electrons. The third-order valence-corrected chi connectivity index (χ3v) is 6.29. The van der Waals surface area contributed by atoms with E-state index in [9.17, 15) is 30.7 Å². The number of alkyl halides is 2. The van der Waals surface area contributed by atoms with Gasteiger partial charge in [-0.2, -0.15) is 8.78 Å². The van der Waals surface area contributed by atoms with Crippen molar-refractivity contribution in [1.82, 2.24) is 0 Å². The Labute approximate surface area is 192 Å². The van der Waals surface area contributed by atoms with Crippen LogP contribution in [0.25, 0.3) is 22.3 Å². The average molecular weight is 482 g/mol. The lowest BCUT2D eigenvalue weighted by atomic mass is 9.82. The Hall–Kier alpha value is -3.03. The van der Waals surface area contributed by atoms with Gasteiger partial charge in [0.15, 0.2) is 29.1 Å². The van der Waals surface area contributed by atoms with Gasteiger partial charge in [0.05, 0.1) is 5.92 Å². The van der Waals surface area contributed by atoms with Gasteiger partial charge in [-0.15, -0.1) is 0 Å². The zero-order chi connectivity index (χ0) is 24.6. The summed E-state index contributed by atoms with van der Waals surface area (Å²) in [5.41, 5.74) is -0.839. The van der Waals surface area contributed by atoms with Crippen molar-refractivity contribution in [2.45, 2.75) is 38.7 Å². The molecule has 0 unspecified atom stereocenters. The summed E-state index contributed by atoms with van der Waals surface area (Å²) in [6.45, 7) is 2.03. The maximum absolute atomic E-state index is 14.8. The minimum Gasteiger partial charge on any atom is -0.432 e. The molecule has 0 heterocycles. The second-order valence-electron chi connectivity index (χ2n) is 8.69. The van der Waals surface area contributed by atoms with Gasteiger partial charge in [-0.1, -0.05) is 44.0 Å². The molecular weight excluding hydrogens is 461 g/mol. The largest absolute Gasteiger partial charge is 0.432 e. The first-order chi connectivity index (χ1) is 16.1. The lowest BCUT2D eigenvalue weighted by Crippen LogP contribution is -2.36. The highest BCUT2D eigenvalue weighted by molar-refractivity contribution is 5.72. The molecule has 0 bridgehead atoms. The second kappa shape index (κ2) is 9.31. The van der Waals surface area contributed by atoms with Gasteiger partial charge < -0.3 is 4.74 Å². The van der Waals surface area contributed by atoms with Crippen LogP contribution in [0.2, 0.25) is 0 Å². The van der Waals surface area contributed by atoms with Gasteiger partial charge in [0.2, 0.25) is 0 Å². The van der Waals surface area contributed by atoms with E-state index in [4.69, 9.17) is 4.74 Å². The SMILES string of the molecule is CC1CCC(C(F)(F)Oc2ccc(-c3ccc(-c4cc(F)c(F)c(F)c4)c(F)c3F)cc2)CC1. The van der Waals surface area contributed by atoms with E-state index in [1.54, 1.807) is 0 Å². The first-order valence-corrected chi connectivity index (χ1v) is 10.9. The van der Waals surface area contributed by atoms with E-state index in [0.717, 1.165) is 6.07 Å². The molecule has 0 amide bonds. The first kappa shape index (κ1) is 24.1. The third-order valence-electron chi connectivity index (χ3n) is 6.29. The van der Waals surface area contributed by atoms with Crippen molar-refractivity contribution in [1.29, 1.82) is 0 Å². The van der Waals surface area contributed by atoms with E-state index in [0.29, 0.717) is 43.7 Å². The highest BCUT2D eigenvalue weighted by Crippen LogP contribution is 2.40. The van der Waals surface area contributed by atoms with Crippen molar-refractivity contribution in [2.75, 3.05) is 0 Å². The summed E-state index contributed by atoms with van der Waals surface area (Å²) in [7, 11) is 0. The molecule has 8 heteroatoms. The second-order valence-corrected chi connectivity index (χ2v) is 8.69. The highest BCUT2D eigenvalue weighted by Gasteiger charge is 2.43. The van der Waals surface area contributed by atoms with E-state index in [-0.39, 0.29) is 22.4 Å². The van der Waals surface area contributed by atoms with Gasteiger partial charge in [0.25, 0.3) is 0 Å². The summed E-state index contributed by atoms with van der Waals surface area (Å²) in [5.74, 6) is -8.06. The fraction of sp³-hybridized carbons (Fsp3) is 0.308. The molecule has 0 saturated heterocycles. The molecule has 0 atom stereocenters. The van der Waals surface area contributed by atoms with Crippen LogP contribution in [0, 0.1) is 40.9 Å². The number of hydrogen-bond acceptors (Lipinski definition) is 1. The molecular formula is C26H21F7O. The van der Waals surface area contributed by atoms with Crippen LogP contribution in [0.15, 0.2) is 48.5 Å². The quantitative estimate of drug-likeness (QED) is 0.262. The van der Waals surface area contributed by atoms with Crippen molar-refractivity contribution >= 4 is 0 Å². The Morgan fingerprint density at radius 2 is 1.18 bits per heavy atom. The Kier molecular flexibility index (Phi) is 6.60. The Morgan fingerprint density at radius 3 is 1.71 bits per heavy atom. The summed E-state index contributed by atoms with van der Waals surface area (Å²) in [6, 6.07) is 8.51. The number of rotatable bonds is 5. The Balaban J connectivity index is 1.55. The van der Waals surface area contributed by atoms with Crippen LogP contribution >= 0.6 is 0 Å². The molecule has 1 aliphatic rings. The molecule has 0 N–H and O–H groups in total. The smallest absolute Gasteiger partial charge is 0.400 e. The van der Waals surface area contributed by atoms with Gasteiger partial charge in [-0.25, -0.2) is 22.0 Å². The maximum Gasteiger partial charge on any atom is 0.400 e. The molecule has 3 aromatic carbocycles. The van der Waals surface area contributed by atoms with Gasteiger partial charge in [0.1, 0.15) is 5.75 Å². The minimum atomic E-state index is -3.35. The Bertz CT molecular complexity index is 1160. The molecule has 1 nitrogen and oxygen atoms in total. The zero-order valence-corrected chi connectivity index (χ0v) is 18.2. The molecule has 0 aromatic heterocycles. The van der Waals surface area contributed by atoms with Crippen LogP contribution in [0.4, 0.5) is 30.7 Å². The predicted octanol–water partition coefficient (Wildman–Crippen LogP) is 8.51. The average Bonchev–Trinajstić information content (AvgIpc) is 2.79. The van der Waals surface area contributed by atoms with Crippen molar-refractivity contribution in [3.8, 4) is 28.0 Å². The van der Waals surface area contributed by atoms with Crippen LogP contribution in [0.5, 0.6) is 5.75 Å². The lowest BCUT2D eigenvalue weighted by molar-refractivity contribution is -0.223. The fourth-order valence-corrected chi connectivity index (χ4v) is 4.25. The van der Waals surface area contributed by atoms with Crippen LogP contribution in [0.1, 0.15) is 32.6 Å². The molecule has 0 aliphatic heterocycles. The molecule has 1 aliphatic carbocycles. The number of halogens is 7.